The summed E-state index contributed by atoms with van der Waals surface area (Å²) in [7, 11) is 0. The normalized spacial score (nSPS) is 27.5. The summed E-state index contributed by atoms with van der Waals surface area (Å²) in [6, 6.07) is 18.3. The SMILES string of the molecule is O=C1[C@H]2[C@H]3C[C@@H]([C@@H]2C(=O)N1c1ccccc1C(F)(F)F)[C@H]1[C@H](c2cc([N+](=O)[O-])ccc2OCc2ccccc2)c2sc(=O)[nH]c2S[C@H]31. The Morgan fingerprint density at radius 1 is 0.957 bits per heavy atom. The fourth-order valence-electron chi connectivity index (χ4n) is 8.27. The number of amides is 2. The monoisotopic (exact) mass is 679 g/mol. The van der Waals surface area contributed by atoms with E-state index in [0.717, 1.165) is 29.0 Å². The average Bonchev–Trinajstić information content (AvgIpc) is 3.78. The summed E-state index contributed by atoms with van der Waals surface area (Å²) < 4.78 is 48.3. The van der Waals surface area contributed by atoms with Crippen molar-refractivity contribution in [2.45, 2.75) is 35.4 Å². The van der Waals surface area contributed by atoms with Crippen molar-refractivity contribution in [1.82, 2.24) is 4.98 Å². The molecule has 7 atom stereocenters. The molecule has 0 spiro atoms. The van der Waals surface area contributed by atoms with Crippen LogP contribution in [0, 0.1) is 39.7 Å². The summed E-state index contributed by atoms with van der Waals surface area (Å²) in [5.41, 5.74) is -0.348. The van der Waals surface area contributed by atoms with E-state index in [9.17, 15) is 37.7 Å². The molecule has 3 fully saturated rings. The minimum atomic E-state index is -4.78. The first-order valence-corrected chi connectivity index (χ1v) is 16.6. The molecule has 3 heterocycles. The van der Waals surface area contributed by atoms with Crippen molar-refractivity contribution < 1.29 is 32.4 Å². The number of non-ortho nitro benzene ring substituents is 1. The van der Waals surface area contributed by atoms with Crippen molar-refractivity contribution in [1.29, 1.82) is 0 Å². The first kappa shape index (κ1) is 29.9. The summed E-state index contributed by atoms with van der Waals surface area (Å²) in [5, 5.41) is 12.3. The molecule has 2 bridgehead atoms. The number of nitrogens with one attached hydrogen (secondary N) is 1. The molecule has 14 heteroatoms. The third kappa shape index (κ3) is 4.63. The van der Waals surface area contributed by atoms with Crippen LogP contribution in [0.4, 0.5) is 24.5 Å². The van der Waals surface area contributed by atoms with Crippen LogP contribution < -0.4 is 14.5 Å². The number of para-hydroxylation sites is 1. The van der Waals surface area contributed by atoms with Gasteiger partial charge in [0.1, 0.15) is 12.4 Å². The highest BCUT2D eigenvalue weighted by Gasteiger charge is 2.70. The summed E-state index contributed by atoms with van der Waals surface area (Å²) in [4.78, 5) is 56.1. The maximum Gasteiger partial charge on any atom is 0.418 e. The Hall–Kier alpha value is -4.43. The van der Waals surface area contributed by atoms with Crippen LogP contribution in [0.1, 0.15) is 33.9 Å². The number of nitro benzene ring substituents is 1. The second-order valence-corrected chi connectivity index (χ2v) is 14.4. The third-order valence-electron chi connectivity index (χ3n) is 9.95. The van der Waals surface area contributed by atoms with Gasteiger partial charge in [-0.3, -0.25) is 24.5 Å². The number of halogens is 3. The number of thioether (sulfide) groups is 1. The molecule has 1 saturated heterocycles. The standard InChI is InChI=1S/C33H24F3N3O6S2/c34-33(35,36)20-8-4-5-9-21(20)38-30(40)25-18-13-19(26(25)31(38)41)27-24(18)23(28-29(46-27)37-32(42)47-28)17-12-16(39(43)44)10-11-22(17)45-14-15-6-2-1-3-7-15/h1-12,18-19,23-27H,13-14H2,(H,37,42)/t18-,19-,23+,24+,25+,26+,27-/m1/s1. The zero-order valence-electron chi connectivity index (χ0n) is 24.2. The van der Waals surface area contributed by atoms with E-state index in [1.165, 1.54) is 36.0 Å². The lowest BCUT2D eigenvalue weighted by Crippen LogP contribution is -2.42. The van der Waals surface area contributed by atoms with Crippen LogP contribution in [0.25, 0.3) is 0 Å². The Labute approximate surface area is 272 Å². The van der Waals surface area contributed by atoms with Gasteiger partial charge >= 0.3 is 11.0 Å². The smallest absolute Gasteiger partial charge is 0.418 e. The number of rotatable bonds is 6. The van der Waals surface area contributed by atoms with Gasteiger partial charge in [-0.15, -0.1) is 11.8 Å². The molecule has 47 heavy (non-hydrogen) atoms. The fourth-order valence-corrected chi connectivity index (χ4v) is 11.1. The van der Waals surface area contributed by atoms with Gasteiger partial charge in [0.05, 0.1) is 33.0 Å². The second kappa shape index (κ2) is 10.8. The average molecular weight is 680 g/mol. The van der Waals surface area contributed by atoms with Crippen molar-refractivity contribution in [3.05, 3.63) is 114 Å². The highest BCUT2D eigenvalue weighted by molar-refractivity contribution is 8.00. The first-order chi connectivity index (χ1) is 22.5. The number of aromatic amines is 1. The van der Waals surface area contributed by atoms with E-state index in [0.29, 0.717) is 32.5 Å². The van der Waals surface area contributed by atoms with Crippen molar-refractivity contribution >= 4 is 46.3 Å². The van der Waals surface area contributed by atoms with E-state index in [1.54, 1.807) is 6.07 Å². The fraction of sp³-hybridized carbons (Fsp3) is 0.303. The Bertz CT molecular complexity index is 2010. The van der Waals surface area contributed by atoms with Gasteiger partial charge in [-0.1, -0.05) is 53.8 Å². The van der Waals surface area contributed by atoms with E-state index in [1.807, 2.05) is 30.3 Å². The quantitative estimate of drug-likeness (QED) is 0.138. The van der Waals surface area contributed by atoms with E-state index in [2.05, 4.69) is 4.98 Å². The maximum atomic E-state index is 14.1. The highest BCUT2D eigenvalue weighted by atomic mass is 32.2. The molecule has 2 saturated carbocycles. The molecular weight excluding hydrogens is 656 g/mol. The van der Waals surface area contributed by atoms with Crippen LogP contribution in [0.2, 0.25) is 0 Å². The van der Waals surface area contributed by atoms with Gasteiger partial charge in [0, 0.05) is 33.7 Å². The number of carbonyl (C=O) groups is 2. The molecule has 0 radical (unpaired) electrons. The van der Waals surface area contributed by atoms with Crippen LogP contribution >= 0.6 is 23.1 Å². The molecule has 2 aliphatic carbocycles. The molecule has 1 N–H and O–H groups in total. The Kier molecular flexibility index (Phi) is 6.88. The van der Waals surface area contributed by atoms with Gasteiger partial charge in [-0.05, 0) is 47.9 Å². The number of ether oxygens (including phenoxy) is 1. The Balaban J connectivity index is 1.23. The number of carbonyl (C=O) groups excluding carboxylic acids is 2. The Morgan fingerprint density at radius 3 is 2.38 bits per heavy atom. The molecule has 0 unspecified atom stereocenters. The van der Waals surface area contributed by atoms with Crippen molar-refractivity contribution in [3.63, 3.8) is 0 Å². The molecule has 8 rings (SSSR count). The topological polar surface area (TPSA) is 123 Å². The molecule has 2 amide bonds. The number of thiazole rings is 1. The molecule has 4 aliphatic rings. The first-order valence-electron chi connectivity index (χ1n) is 14.9. The second-order valence-electron chi connectivity index (χ2n) is 12.2. The number of nitrogens with zero attached hydrogens (tertiary/aromatic N) is 2. The largest absolute Gasteiger partial charge is 0.489 e. The van der Waals surface area contributed by atoms with Crippen molar-refractivity contribution in [3.8, 4) is 5.75 Å². The molecule has 1 aromatic heterocycles. The number of nitro groups is 1. The van der Waals surface area contributed by atoms with Crippen molar-refractivity contribution in [2.24, 2.45) is 29.6 Å². The van der Waals surface area contributed by atoms with Gasteiger partial charge in [-0.2, -0.15) is 13.2 Å². The summed E-state index contributed by atoms with van der Waals surface area (Å²) in [6.45, 7) is 0.175. The minimum absolute atomic E-state index is 0.172. The van der Waals surface area contributed by atoms with Gasteiger partial charge in [0.2, 0.25) is 11.8 Å². The number of alkyl halides is 3. The lowest BCUT2D eigenvalue weighted by atomic mass is 9.68. The number of benzene rings is 3. The summed E-state index contributed by atoms with van der Waals surface area (Å²) in [6.07, 6.45) is -4.28. The molecular formula is C33H24F3N3O6S2. The van der Waals surface area contributed by atoms with E-state index >= 15 is 0 Å². The van der Waals surface area contributed by atoms with Crippen LogP contribution in [0.5, 0.6) is 5.75 Å². The van der Waals surface area contributed by atoms with Gasteiger partial charge in [-0.25, -0.2) is 4.90 Å². The highest BCUT2D eigenvalue weighted by Crippen LogP contribution is 2.69. The maximum absolute atomic E-state index is 14.1. The predicted molar refractivity (Wildman–Crippen MR) is 166 cm³/mol. The van der Waals surface area contributed by atoms with Gasteiger partial charge in [0.15, 0.2) is 0 Å². The van der Waals surface area contributed by atoms with Crippen LogP contribution in [0.15, 0.2) is 82.6 Å². The number of imide groups is 1. The molecule has 240 valence electrons. The van der Waals surface area contributed by atoms with Crippen LogP contribution in [-0.4, -0.2) is 27.0 Å². The lowest BCUT2D eigenvalue weighted by molar-refractivity contribution is -0.385. The van der Waals surface area contributed by atoms with Gasteiger partial charge in [0.25, 0.3) is 5.69 Å². The van der Waals surface area contributed by atoms with Crippen molar-refractivity contribution in [2.75, 3.05) is 4.90 Å². The zero-order chi connectivity index (χ0) is 32.8. The molecule has 4 aromatic rings. The van der Waals surface area contributed by atoms with Gasteiger partial charge < -0.3 is 9.72 Å². The Morgan fingerprint density at radius 2 is 1.66 bits per heavy atom. The number of anilines is 1. The van der Waals surface area contributed by atoms with Crippen LogP contribution in [0.3, 0.4) is 0 Å². The third-order valence-corrected chi connectivity index (χ3v) is 12.5. The number of aromatic nitrogens is 1. The summed E-state index contributed by atoms with van der Waals surface area (Å²) >= 11 is 2.40. The zero-order valence-corrected chi connectivity index (χ0v) is 25.8. The lowest BCUT2D eigenvalue weighted by Gasteiger charge is -2.43. The molecule has 2 aliphatic heterocycles. The van der Waals surface area contributed by atoms with E-state index in [4.69, 9.17) is 4.74 Å². The predicted octanol–water partition coefficient (Wildman–Crippen LogP) is 6.62. The molecule has 9 nitrogen and oxygen atoms in total. The van der Waals surface area contributed by atoms with E-state index in [-0.39, 0.29) is 34.3 Å². The number of fused-ring (bicyclic) bond motifs is 9. The number of hydrogen-bond acceptors (Lipinski definition) is 8. The van der Waals surface area contributed by atoms with E-state index < -0.39 is 57.8 Å². The molecule has 3 aromatic carbocycles. The minimum Gasteiger partial charge on any atom is -0.489 e. The van der Waals surface area contributed by atoms with Crippen LogP contribution in [-0.2, 0) is 22.4 Å². The summed E-state index contributed by atoms with van der Waals surface area (Å²) in [5.74, 6) is -4.31. The number of H-pyrrole nitrogens is 1. The number of hydrogen-bond donors (Lipinski definition) is 1.